The molecule has 180 valence electrons. The van der Waals surface area contributed by atoms with Gasteiger partial charge in [0.25, 0.3) is 5.91 Å². The van der Waals surface area contributed by atoms with Crippen LogP contribution in [0.25, 0.3) is 0 Å². The van der Waals surface area contributed by atoms with Crippen LogP contribution in [-0.4, -0.2) is 17.1 Å². The minimum absolute atomic E-state index is 0.135. The second kappa shape index (κ2) is 10.3. The molecule has 0 unspecified atom stereocenters. The smallest absolute Gasteiger partial charge is 0.255 e. The third-order valence-corrected chi connectivity index (χ3v) is 6.65. The number of aromatic hydroxyl groups is 1. The number of phenols is 1. The van der Waals surface area contributed by atoms with Crippen LogP contribution in [0.4, 0.5) is 5.69 Å². The molecule has 0 radical (unpaired) electrons. The van der Waals surface area contributed by atoms with Crippen LogP contribution in [0.15, 0.2) is 36.4 Å². The lowest BCUT2D eigenvalue weighted by molar-refractivity contribution is 0.102. The number of benzene rings is 2. The van der Waals surface area contributed by atoms with Gasteiger partial charge in [-0.1, -0.05) is 79.4 Å². The molecule has 0 bridgehead atoms. The first-order valence-electron chi connectivity index (χ1n) is 12.5. The second-order valence-electron chi connectivity index (χ2n) is 11.6. The number of phenolic OH excluding ortho intramolecular Hbond substituents is 1. The van der Waals surface area contributed by atoms with Crippen molar-refractivity contribution in [2.45, 2.75) is 103 Å². The molecule has 3 N–H and O–H groups in total. The Labute approximate surface area is 200 Å². The van der Waals surface area contributed by atoms with E-state index in [-0.39, 0.29) is 16.7 Å². The molecule has 0 aliphatic heterocycles. The summed E-state index contributed by atoms with van der Waals surface area (Å²) in [5.74, 6) is 0.183. The van der Waals surface area contributed by atoms with Crippen LogP contribution >= 0.6 is 0 Å². The molecule has 0 saturated heterocycles. The molecule has 0 spiro atoms. The number of nitrogens with one attached hydrogen (secondary N) is 2. The van der Waals surface area contributed by atoms with Crippen molar-refractivity contribution in [2.75, 3.05) is 5.32 Å². The van der Waals surface area contributed by atoms with E-state index in [1.807, 2.05) is 36.4 Å². The molecule has 1 fully saturated rings. The molecule has 0 aromatic heterocycles. The maximum atomic E-state index is 13.0. The Bertz CT molecular complexity index is 906. The lowest BCUT2D eigenvalue weighted by atomic mass is 9.79. The Morgan fingerprint density at radius 3 is 1.88 bits per heavy atom. The largest absolute Gasteiger partial charge is 0.507 e. The van der Waals surface area contributed by atoms with E-state index in [9.17, 15) is 9.90 Å². The fourth-order valence-electron chi connectivity index (χ4n) is 4.57. The van der Waals surface area contributed by atoms with Gasteiger partial charge in [0, 0.05) is 35.0 Å². The Hall–Kier alpha value is -2.33. The van der Waals surface area contributed by atoms with Gasteiger partial charge in [-0.25, -0.2) is 0 Å². The SMILES string of the molecule is CC(C)(C)c1cc(NC(=O)c2ccc(CNC3CCCCCC3)cc2)cc(C(C)(C)C)c1O. The van der Waals surface area contributed by atoms with Gasteiger partial charge in [0.15, 0.2) is 0 Å². The minimum Gasteiger partial charge on any atom is -0.507 e. The Kier molecular flexibility index (Phi) is 7.89. The fourth-order valence-corrected chi connectivity index (χ4v) is 4.57. The third-order valence-electron chi connectivity index (χ3n) is 6.65. The summed E-state index contributed by atoms with van der Waals surface area (Å²) >= 11 is 0. The highest BCUT2D eigenvalue weighted by atomic mass is 16.3. The lowest BCUT2D eigenvalue weighted by Crippen LogP contribution is -2.27. The van der Waals surface area contributed by atoms with E-state index in [0.29, 0.717) is 23.0 Å². The standard InChI is InChI=1S/C29H42N2O2/c1-28(2,3)24-17-23(18-25(26(24)32)29(4,5)6)31-27(33)21-15-13-20(14-16-21)19-30-22-11-9-7-8-10-12-22/h13-18,22,30,32H,7-12,19H2,1-6H3,(H,31,33). The van der Waals surface area contributed by atoms with Crippen LogP contribution < -0.4 is 10.6 Å². The summed E-state index contributed by atoms with van der Waals surface area (Å²) in [6, 6.07) is 12.3. The van der Waals surface area contributed by atoms with E-state index in [4.69, 9.17) is 0 Å². The molecule has 2 aromatic carbocycles. The summed E-state index contributed by atoms with van der Waals surface area (Å²) in [7, 11) is 0. The quantitative estimate of drug-likeness (QED) is 0.338. The van der Waals surface area contributed by atoms with E-state index in [2.05, 4.69) is 52.2 Å². The number of anilines is 1. The lowest BCUT2D eigenvalue weighted by Gasteiger charge is -2.28. The van der Waals surface area contributed by atoms with Crippen molar-refractivity contribution >= 4 is 11.6 Å². The van der Waals surface area contributed by atoms with Gasteiger partial charge in [-0.3, -0.25) is 4.79 Å². The molecule has 1 amide bonds. The van der Waals surface area contributed by atoms with Gasteiger partial charge in [0.1, 0.15) is 5.75 Å². The number of rotatable bonds is 5. The van der Waals surface area contributed by atoms with Gasteiger partial charge in [0.2, 0.25) is 0 Å². The monoisotopic (exact) mass is 450 g/mol. The topological polar surface area (TPSA) is 61.4 Å². The van der Waals surface area contributed by atoms with Crippen LogP contribution in [0.5, 0.6) is 5.75 Å². The predicted octanol–water partition coefficient (Wildman–Crippen LogP) is 7.05. The molecule has 1 saturated carbocycles. The first-order chi connectivity index (χ1) is 15.4. The molecule has 33 heavy (non-hydrogen) atoms. The summed E-state index contributed by atoms with van der Waals surface area (Å²) in [4.78, 5) is 13.0. The zero-order chi connectivity index (χ0) is 24.2. The summed E-state index contributed by atoms with van der Waals surface area (Å²) in [6.07, 6.45) is 7.89. The zero-order valence-corrected chi connectivity index (χ0v) is 21.3. The van der Waals surface area contributed by atoms with Crippen LogP contribution in [-0.2, 0) is 17.4 Å². The van der Waals surface area contributed by atoms with Crippen molar-refractivity contribution in [3.63, 3.8) is 0 Å². The van der Waals surface area contributed by atoms with Crippen LogP contribution in [0, 0.1) is 0 Å². The highest BCUT2D eigenvalue weighted by molar-refractivity contribution is 6.04. The summed E-state index contributed by atoms with van der Waals surface area (Å²) in [5.41, 5.74) is 3.75. The summed E-state index contributed by atoms with van der Waals surface area (Å²) in [5, 5.41) is 17.7. The third kappa shape index (κ3) is 6.83. The van der Waals surface area contributed by atoms with E-state index in [1.165, 1.54) is 44.1 Å². The van der Waals surface area contributed by atoms with Gasteiger partial charge < -0.3 is 15.7 Å². The minimum atomic E-state index is -0.239. The van der Waals surface area contributed by atoms with Crippen molar-refractivity contribution in [1.82, 2.24) is 5.32 Å². The zero-order valence-electron chi connectivity index (χ0n) is 21.3. The fraction of sp³-hybridized carbons (Fsp3) is 0.552. The highest BCUT2D eigenvalue weighted by Gasteiger charge is 2.27. The molecule has 4 nitrogen and oxygen atoms in total. The van der Waals surface area contributed by atoms with Gasteiger partial charge in [0.05, 0.1) is 0 Å². The summed E-state index contributed by atoms with van der Waals surface area (Å²) in [6.45, 7) is 13.3. The highest BCUT2D eigenvalue weighted by Crippen LogP contribution is 2.41. The van der Waals surface area contributed by atoms with Crippen molar-refractivity contribution in [3.8, 4) is 5.75 Å². The molecule has 1 aliphatic carbocycles. The Balaban J connectivity index is 1.71. The molecule has 1 aliphatic rings. The Morgan fingerprint density at radius 2 is 1.39 bits per heavy atom. The van der Waals surface area contributed by atoms with Crippen LogP contribution in [0.1, 0.15) is 107 Å². The molecule has 3 rings (SSSR count). The number of carbonyl (C=O) groups is 1. The number of carbonyl (C=O) groups excluding carboxylic acids is 1. The molecule has 0 heterocycles. The molecule has 2 aromatic rings. The summed E-state index contributed by atoms with van der Waals surface area (Å²) < 4.78 is 0. The number of hydrogen-bond donors (Lipinski definition) is 3. The molecular weight excluding hydrogens is 408 g/mol. The van der Waals surface area contributed by atoms with Crippen LogP contribution in [0.3, 0.4) is 0 Å². The normalized spacial score (nSPS) is 15.8. The van der Waals surface area contributed by atoms with Crippen molar-refractivity contribution in [2.24, 2.45) is 0 Å². The number of hydrogen-bond acceptors (Lipinski definition) is 3. The first-order valence-corrected chi connectivity index (χ1v) is 12.5. The average molecular weight is 451 g/mol. The van der Waals surface area contributed by atoms with Gasteiger partial charge in [-0.15, -0.1) is 0 Å². The first kappa shape index (κ1) is 25.3. The molecule has 4 heteroatoms. The second-order valence-corrected chi connectivity index (χ2v) is 11.6. The predicted molar refractivity (Wildman–Crippen MR) is 138 cm³/mol. The van der Waals surface area contributed by atoms with E-state index < -0.39 is 0 Å². The van der Waals surface area contributed by atoms with Crippen LogP contribution in [0.2, 0.25) is 0 Å². The van der Waals surface area contributed by atoms with E-state index >= 15 is 0 Å². The van der Waals surface area contributed by atoms with E-state index in [0.717, 1.165) is 17.7 Å². The van der Waals surface area contributed by atoms with Crippen molar-refractivity contribution in [3.05, 3.63) is 58.7 Å². The molecular formula is C29H42N2O2. The van der Waals surface area contributed by atoms with E-state index in [1.54, 1.807) is 0 Å². The number of amides is 1. The maximum absolute atomic E-state index is 13.0. The molecule has 0 atom stereocenters. The maximum Gasteiger partial charge on any atom is 0.255 e. The van der Waals surface area contributed by atoms with Gasteiger partial charge in [-0.05, 0) is 53.5 Å². The van der Waals surface area contributed by atoms with Gasteiger partial charge >= 0.3 is 0 Å². The van der Waals surface area contributed by atoms with Crippen molar-refractivity contribution < 1.29 is 9.90 Å². The Morgan fingerprint density at radius 1 is 0.879 bits per heavy atom. The average Bonchev–Trinajstić information content (AvgIpc) is 3.01. The van der Waals surface area contributed by atoms with Gasteiger partial charge in [-0.2, -0.15) is 0 Å². The van der Waals surface area contributed by atoms with Crippen molar-refractivity contribution in [1.29, 1.82) is 0 Å².